The smallest absolute Gasteiger partial charge is 0.270 e. The summed E-state index contributed by atoms with van der Waals surface area (Å²) in [6.07, 6.45) is 3.31. The van der Waals surface area contributed by atoms with Gasteiger partial charge < -0.3 is 11.1 Å². The first kappa shape index (κ1) is 14.5. The molecule has 3 N–H and O–H groups in total. The number of aromatic nitrogens is 1. The third-order valence-corrected chi connectivity index (χ3v) is 3.90. The summed E-state index contributed by atoms with van der Waals surface area (Å²) in [4.78, 5) is 16.5. The second-order valence-electron chi connectivity index (χ2n) is 5.13. The quantitative estimate of drug-likeness (QED) is 0.878. The van der Waals surface area contributed by atoms with Crippen LogP contribution in [0, 0.1) is 0 Å². The summed E-state index contributed by atoms with van der Waals surface area (Å²) in [5.41, 5.74) is 6.31. The maximum absolute atomic E-state index is 12.3. The maximum atomic E-state index is 12.3. The van der Waals surface area contributed by atoms with Gasteiger partial charge in [0.05, 0.1) is 0 Å². The summed E-state index contributed by atoms with van der Waals surface area (Å²) in [5, 5.41) is 4.78. The molecule has 1 heterocycles. The van der Waals surface area contributed by atoms with Crippen LogP contribution in [0.15, 0.2) is 36.5 Å². The SMILES string of the molecule is CCC(N)(CC)CNC(=O)c1nccc2ccccc12. The highest BCUT2D eigenvalue weighted by atomic mass is 16.1. The monoisotopic (exact) mass is 271 g/mol. The van der Waals surface area contributed by atoms with E-state index in [0.29, 0.717) is 12.2 Å². The number of carbonyl (C=O) groups excluding carboxylic acids is 1. The molecule has 0 atom stereocenters. The Kier molecular flexibility index (Phi) is 4.35. The fourth-order valence-electron chi connectivity index (χ4n) is 2.14. The number of nitrogens with one attached hydrogen (secondary N) is 1. The summed E-state index contributed by atoms with van der Waals surface area (Å²) in [5.74, 6) is -0.168. The van der Waals surface area contributed by atoms with Gasteiger partial charge in [-0.3, -0.25) is 9.78 Å². The Bertz CT molecular complexity index is 600. The number of nitrogens with zero attached hydrogens (tertiary/aromatic N) is 1. The standard InChI is InChI=1S/C16H21N3O/c1-3-16(17,4-2)11-19-15(20)14-13-8-6-5-7-12(13)9-10-18-14/h5-10H,3-4,11,17H2,1-2H3,(H,19,20). The Morgan fingerprint density at radius 2 is 1.95 bits per heavy atom. The van der Waals surface area contributed by atoms with Gasteiger partial charge in [0.2, 0.25) is 0 Å². The lowest BCUT2D eigenvalue weighted by Crippen LogP contribution is -2.49. The van der Waals surface area contributed by atoms with E-state index in [2.05, 4.69) is 10.3 Å². The average molecular weight is 271 g/mol. The molecule has 1 aromatic carbocycles. The van der Waals surface area contributed by atoms with Gasteiger partial charge in [-0.2, -0.15) is 0 Å². The van der Waals surface area contributed by atoms with Crippen molar-refractivity contribution in [1.82, 2.24) is 10.3 Å². The van der Waals surface area contributed by atoms with Crippen LogP contribution in [0.25, 0.3) is 10.8 Å². The third-order valence-electron chi connectivity index (χ3n) is 3.90. The van der Waals surface area contributed by atoms with Gasteiger partial charge in [-0.25, -0.2) is 0 Å². The van der Waals surface area contributed by atoms with E-state index >= 15 is 0 Å². The molecule has 0 bridgehead atoms. The van der Waals surface area contributed by atoms with Gasteiger partial charge in [0.15, 0.2) is 0 Å². The lowest BCUT2D eigenvalue weighted by atomic mass is 9.94. The molecule has 1 amide bonds. The molecule has 106 valence electrons. The van der Waals surface area contributed by atoms with Gasteiger partial charge in [0.25, 0.3) is 5.91 Å². The molecule has 4 nitrogen and oxygen atoms in total. The molecule has 0 aliphatic heterocycles. The van der Waals surface area contributed by atoms with Gasteiger partial charge in [-0.05, 0) is 24.3 Å². The molecule has 0 aliphatic rings. The molecule has 1 aromatic heterocycles. The lowest BCUT2D eigenvalue weighted by Gasteiger charge is -2.26. The number of pyridine rings is 1. The third kappa shape index (κ3) is 2.96. The predicted octanol–water partition coefficient (Wildman–Crippen LogP) is 2.48. The Balaban J connectivity index is 2.20. The van der Waals surface area contributed by atoms with Crippen molar-refractivity contribution in [3.63, 3.8) is 0 Å². The van der Waals surface area contributed by atoms with Crippen molar-refractivity contribution in [2.75, 3.05) is 6.54 Å². The topological polar surface area (TPSA) is 68.0 Å². The first-order chi connectivity index (χ1) is 9.59. The molecule has 0 fully saturated rings. The first-order valence-electron chi connectivity index (χ1n) is 7.00. The second-order valence-corrected chi connectivity index (χ2v) is 5.13. The Morgan fingerprint density at radius 1 is 1.25 bits per heavy atom. The molecule has 20 heavy (non-hydrogen) atoms. The normalized spacial score (nSPS) is 11.6. The fraction of sp³-hybridized carbons (Fsp3) is 0.375. The van der Waals surface area contributed by atoms with Crippen LogP contribution in [0.4, 0.5) is 0 Å². The molecule has 0 aliphatic carbocycles. The van der Waals surface area contributed by atoms with Crippen molar-refractivity contribution in [3.8, 4) is 0 Å². The average Bonchev–Trinajstić information content (AvgIpc) is 2.51. The van der Waals surface area contributed by atoms with E-state index in [9.17, 15) is 4.79 Å². The van der Waals surface area contributed by atoms with Gasteiger partial charge in [0, 0.05) is 23.7 Å². The summed E-state index contributed by atoms with van der Waals surface area (Å²) in [6, 6.07) is 9.64. The van der Waals surface area contributed by atoms with E-state index in [1.54, 1.807) is 6.20 Å². The summed E-state index contributed by atoms with van der Waals surface area (Å²) in [6.45, 7) is 4.53. The number of fused-ring (bicyclic) bond motifs is 1. The zero-order valence-electron chi connectivity index (χ0n) is 12.0. The van der Waals surface area contributed by atoms with Crippen LogP contribution < -0.4 is 11.1 Å². The van der Waals surface area contributed by atoms with Gasteiger partial charge in [-0.1, -0.05) is 38.1 Å². The highest BCUT2D eigenvalue weighted by molar-refractivity contribution is 6.05. The van der Waals surface area contributed by atoms with Crippen LogP contribution in [-0.2, 0) is 0 Å². The van der Waals surface area contributed by atoms with Crippen molar-refractivity contribution in [2.24, 2.45) is 5.73 Å². The Morgan fingerprint density at radius 3 is 2.65 bits per heavy atom. The fourth-order valence-corrected chi connectivity index (χ4v) is 2.14. The minimum absolute atomic E-state index is 0.168. The summed E-state index contributed by atoms with van der Waals surface area (Å²) in [7, 11) is 0. The zero-order valence-corrected chi connectivity index (χ0v) is 12.0. The number of hydrogen-bond donors (Lipinski definition) is 2. The molecule has 2 rings (SSSR count). The van der Waals surface area contributed by atoms with E-state index < -0.39 is 0 Å². The van der Waals surface area contributed by atoms with Crippen molar-refractivity contribution < 1.29 is 4.79 Å². The van der Waals surface area contributed by atoms with Crippen molar-refractivity contribution >= 4 is 16.7 Å². The van der Waals surface area contributed by atoms with Crippen LogP contribution in [0.5, 0.6) is 0 Å². The van der Waals surface area contributed by atoms with E-state index in [-0.39, 0.29) is 11.4 Å². The van der Waals surface area contributed by atoms with Crippen molar-refractivity contribution in [2.45, 2.75) is 32.2 Å². The van der Waals surface area contributed by atoms with Gasteiger partial charge >= 0.3 is 0 Å². The Hall–Kier alpha value is -1.94. The largest absolute Gasteiger partial charge is 0.349 e. The molecule has 0 saturated heterocycles. The second kappa shape index (κ2) is 6.01. The summed E-state index contributed by atoms with van der Waals surface area (Å²) >= 11 is 0. The molecule has 0 unspecified atom stereocenters. The van der Waals surface area contributed by atoms with Crippen LogP contribution in [0.1, 0.15) is 37.2 Å². The minimum Gasteiger partial charge on any atom is -0.349 e. The number of benzene rings is 1. The maximum Gasteiger partial charge on any atom is 0.270 e. The molecule has 0 saturated carbocycles. The highest BCUT2D eigenvalue weighted by Gasteiger charge is 2.22. The van der Waals surface area contributed by atoms with Crippen LogP contribution in [-0.4, -0.2) is 23.0 Å². The van der Waals surface area contributed by atoms with Crippen molar-refractivity contribution in [1.29, 1.82) is 0 Å². The van der Waals surface area contributed by atoms with Crippen LogP contribution in [0.2, 0.25) is 0 Å². The Labute approximate surface area is 119 Å². The number of rotatable bonds is 5. The highest BCUT2D eigenvalue weighted by Crippen LogP contribution is 2.16. The molecule has 2 aromatic rings. The predicted molar refractivity (Wildman–Crippen MR) is 81.6 cm³/mol. The number of amides is 1. The van der Waals surface area contributed by atoms with E-state index in [0.717, 1.165) is 23.6 Å². The van der Waals surface area contributed by atoms with E-state index in [4.69, 9.17) is 5.73 Å². The zero-order chi connectivity index (χ0) is 14.6. The molecular formula is C16H21N3O. The first-order valence-corrected chi connectivity index (χ1v) is 7.00. The minimum atomic E-state index is -0.347. The number of hydrogen-bond acceptors (Lipinski definition) is 3. The number of nitrogens with two attached hydrogens (primary N) is 1. The molecule has 4 heteroatoms. The van der Waals surface area contributed by atoms with Crippen LogP contribution in [0.3, 0.4) is 0 Å². The molecule has 0 radical (unpaired) electrons. The number of carbonyl (C=O) groups is 1. The molecular weight excluding hydrogens is 250 g/mol. The van der Waals surface area contributed by atoms with Crippen LogP contribution >= 0.6 is 0 Å². The van der Waals surface area contributed by atoms with Gasteiger partial charge in [0.1, 0.15) is 5.69 Å². The molecule has 0 spiro atoms. The van der Waals surface area contributed by atoms with E-state index in [1.807, 2.05) is 44.2 Å². The summed E-state index contributed by atoms with van der Waals surface area (Å²) < 4.78 is 0. The van der Waals surface area contributed by atoms with Crippen molar-refractivity contribution in [3.05, 3.63) is 42.2 Å². The lowest BCUT2D eigenvalue weighted by molar-refractivity contribution is 0.0939. The van der Waals surface area contributed by atoms with Gasteiger partial charge in [-0.15, -0.1) is 0 Å². The van der Waals surface area contributed by atoms with E-state index in [1.165, 1.54) is 0 Å².